The molecule has 0 N–H and O–H groups in total. The molecule has 5 rings (SSSR count). The van der Waals surface area contributed by atoms with E-state index in [1.54, 1.807) is 6.92 Å². The van der Waals surface area contributed by atoms with Crippen LogP contribution < -0.4 is 0 Å². The van der Waals surface area contributed by atoms with E-state index in [2.05, 4.69) is 48.1 Å². The van der Waals surface area contributed by atoms with Crippen LogP contribution in [-0.2, 0) is 14.3 Å². The van der Waals surface area contributed by atoms with Gasteiger partial charge in [-0.05, 0) is 129 Å². The molecule has 10 atom stereocenters. The van der Waals surface area contributed by atoms with Crippen molar-refractivity contribution in [3.05, 3.63) is 12.2 Å². The molecule has 0 saturated heterocycles. The molecule has 0 aromatic carbocycles. The molecule has 5 fully saturated rings. The molecule has 0 aromatic heterocycles. The normalized spacial score (nSPS) is 51.2. The van der Waals surface area contributed by atoms with Gasteiger partial charge in [-0.25, -0.2) is 0 Å². The minimum Gasteiger partial charge on any atom is -0.462 e. The minimum absolute atomic E-state index is 0.0129. The summed E-state index contributed by atoms with van der Waals surface area (Å²) in [5.74, 6) is 2.37. The summed E-state index contributed by atoms with van der Waals surface area (Å²) in [6.07, 6.45) is 11.1. The molecule has 3 nitrogen and oxygen atoms in total. The van der Waals surface area contributed by atoms with Crippen molar-refractivity contribution in [1.29, 1.82) is 0 Å². The summed E-state index contributed by atoms with van der Waals surface area (Å²) < 4.78 is 5.89. The Kier molecular flexibility index (Phi) is 6.19. The lowest BCUT2D eigenvalue weighted by Gasteiger charge is -2.72. The van der Waals surface area contributed by atoms with Gasteiger partial charge in [0.1, 0.15) is 6.10 Å². The number of esters is 1. The zero-order valence-corrected chi connectivity index (χ0v) is 24.6. The number of hydrogen-bond acceptors (Lipinski definition) is 3. The second-order valence-electron chi connectivity index (χ2n) is 15.1. The van der Waals surface area contributed by atoms with Gasteiger partial charge in [-0.1, -0.05) is 46.8 Å². The van der Waals surface area contributed by atoms with E-state index in [1.165, 1.54) is 31.3 Å². The number of rotatable bonds is 3. The highest BCUT2D eigenvalue weighted by atomic mass is 35.5. The molecule has 5 saturated carbocycles. The summed E-state index contributed by atoms with van der Waals surface area (Å²) in [4.78, 5) is 24.9. The third-order valence-electron chi connectivity index (χ3n) is 13.7. The number of fused-ring (bicyclic) bond motifs is 7. The molecule has 202 valence electrons. The van der Waals surface area contributed by atoms with Gasteiger partial charge in [-0.15, -0.1) is 0 Å². The van der Waals surface area contributed by atoms with E-state index in [9.17, 15) is 9.59 Å². The summed E-state index contributed by atoms with van der Waals surface area (Å²) >= 11 is 6.46. The van der Waals surface area contributed by atoms with Crippen molar-refractivity contribution >= 4 is 22.8 Å². The van der Waals surface area contributed by atoms with E-state index >= 15 is 0 Å². The minimum atomic E-state index is -0.344. The molecule has 0 aliphatic heterocycles. The fraction of sp³-hybridized carbons (Fsp3) is 0.875. The molecule has 0 spiro atoms. The van der Waals surface area contributed by atoms with Crippen molar-refractivity contribution in [1.82, 2.24) is 0 Å². The Morgan fingerprint density at radius 1 is 0.806 bits per heavy atom. The highest BCUT2D eigenvalue weighted by Crippen LogP contribution is 2.77. The fourth-order valence-electron chi connectivity index (χ4n) is 11.9. The van der Waals surface area contributed by atoms with Crippen LogP contribution in [0.3, 0.4) is 0 Å². The molecule has 5 aliphatic carbocycles. The summed E-state index contributed by atoms with van der Waals surface area (Å²) in [7, 11) is 0. The lowest BCUT2D eigenvalue weighted by Crippen LogP contribution is -2.67. The number of hydrogen-bond donors (Lipinski definition) is 0. The molecule has 36 heavy (non-hydrogen) atoms. The average molecular weight is 517 g/mol. The Morgan fingerprint density at radius 2 is 1.50 bits per heavy atom. The van der Waals surface area contributed by atoms with Gasteiger partial charge in [0.15, 0.2) is 0 Å². The molecular weight excluding hydrogens is 468 g/mol. The Labute approximate surface area is 224 Å². The summed E-state index contributed by atoms with van der Waals surface area (Å²) in [6.45, 7) is 20.6. The largest absolute Gasteiger partial charge is 0.462 e. The molecule has 0 amide bonds. The predicted octanol–water partition coefficient (Wildman–Crippen LogP) is 8.34. The maximum atomic E-state index is 13.0. The molecule has 4 unspecified atom stereocenters. The van der Waals surface area contributed by atoms with Crippen molar-refractivity contribution in [2.75, 3.05) is 0 Å². The van der Waals surface area contributed by atoms with Crippen LogP contribution >= 0.6 is 11.6 Å². The van der Waals surface area contributed by atoms with E-state index < -0.39 is 0 Å². The van der Waals surface area contributed by atoms with Crippen molar-refractivity contribution in [3.63, 3.8) is 0 Å². The van der Waals surface area contributed by atoms with Gasteiger partial charge >= 0.3 is 5.97 Å². The van der Waals surface area contributed by atoms with Gasteiger partial charge in [-0.2, -0.15) is 0 Å². The first-order valence-corrected chi connectivity index (χ1v) is 15.1. The van der Waals surface area contributed by atoms with E-state index in [0.717, 1.165) is 38.5 Å². The van der Waals surface area contributed by atoms with E-state index in [-0.39, 0.29) is 44.4 Å². The van der Waals surface area contributed by atoms with Crippen LogP contribution in [0.15, 0.2) is 12.2 Å². The topological polar surface area (TPSA) is 43.4 Å². The van der Waals surface area contributed by atoms with Crippen molar-refractivity contribution < 1.29 is 14.3 Å². The third-order valence-corrected chi connectivity index (χ3v) is 14.1. The molecule has 0 heterocycles. The number of ether oxygens (including phenoxy) is 1. The summed E-state index contributed by atoms with van der Waals surface area (Å²) in [5.41, 5.74) is 1.60. The Balaban J connectivity index is 1.52. The van der Waals surface area contributed by atoms with Gasteiger partial charge in [0.25, 0.3) is 0 Å². The van der Waals surface area contributed by atoms with Crippen LogP contribution in [0.4, 0.5) is 0 Å². The van der Waals surface area contributed by atoms with E-state index in [0.29, 0.717) is 29.6 Å². The smallest absolute Gasteiger partial charge is 0.302 e. The number of halogens is 1. The van der Waals surface area contributed by atoms with Crippen molar-refractivity contribution in [2.45, 2.75) is 119 Å². The summed E-state index contributed by atoms with van der Waals surface area (Å²) in [5, 5.41) is -0.0770. The maximum absolute atomic E-state index is 13.0. The highest BCUT2D eigenvalue weighted by molar-refractivity contribution is 6.64. The molecule has 0 bridgehead atoms. The lowest BCUT2D eigenvalue weighted by atomic mass is 9.32. The van der Waals surface area contributed by atoms with Crippen LogP contribution in [0.1, 0.15) is 113 Å². The van der Waals surface area contributed by atoms with Crippen LogP contribution in [0.2, 0.25) is 0 Å². The zero-order valence-electron chi connectivity index (χ0n) is 23.8. The van der Waals surface area contributed by atoms with Crippen LogP contribution in [0, 0.1) is 56.7 Å². The van der Waals surface area contributed by atoms with Crippen LogP contribution in [0.25, 0.3) is 0 Å². The monoisotopic (exact) mass is 516 g/mol. The Morgan fingerprint density at radius 3 is 2.11 bits per heavy atom. The Hall–Kier alpha value is -0.830. The van der Waals surface area contributed by atoms with Gasteiger partial charge in [0.05, 0.1) is 0 Å². The SMILES string of the molecule is C=C(C)C1CC[C@]2(C(=O)Cl)CC[C@]3(C)[C@H](CCC4[C@@]5(C)CC[C@H](OC(C)=O)C(C)(C)C5CC[C@]43C)C12. The van der Waals surface area contributed by atoms with E-state index in [4.69, 9.17) is 16.3 Å². The maximum Gasteiger partial charge on any atom is 0.302 e. The highest BCUT2D eigenvalue weighted by Gasteiger charge is 2.71. The first kappa shape index (κ1) is 26.8. The lowest BCUT2D eigenvalue weighted by molar-refractivity contribution is -0.248. The van der Waals surface area contributed by atoms with Gasteiger partial charge in [-0.3, -0.25) is 9.59 Å². The van der Waals surface area contributed by atoms with Crippen LogP contribution in [-0.4, -0.2) is 17.3 Å². The Bertz CT molecular complexity index is 970. The molecule has 0 aromatic rings. The zero-order chi connectivity index (χ0) is 26.5. The second-order valence-corrected chi connectivity index (χ2v) is 15.4. The van der Waals surface area contributed by atoms with Gasteiger partial charge in [0.2, 0.25) is 5.24 Å². The standard InChI is InChI=1S/C32H49ClO3/c1-19(2)21-11-16-32(27(33)35)18-17-30(7)22(26(21)32)9-10-24-29(6)14-13-25(36-20(3)34)28(4,5)23(29)12-15-31(24,30)8/h21-26H,1,9-18H2,2-8H3/t21?,22-,23?,24?,25+,26?,29+,30-,31-,32+/m1/s1. The average Bonchev–Trinajstić information content (AvgIpc) is 3.17. The second kappa shape index (κ2) is 8.33. The van der Waals surface area contributed by atoms with Crippen molar-refractivity contribution in [3.8, 4) is 0 Å². The first-order chi connectivity index (χ1) is 16.6. The third kappa shape index (κ3) is 3.29. The molecular formula is C32H49ClO3. The van der Waals surface area contributed by atoms with Crippen LogP contribution in [0.5, 0.6) is 0 Å². The fourth-order valence-corrected chi connectivity index (χ4v) is 12.2. The van der Waals surface area contributed by atoms with Gasteiger partial charge < -0.3 is 4.74 Å². The molecule has 4 heteroatoms. The number of carbonyl (C=O) groups excluding carboxylic acids is 2. The first-order valence-electron chi connectivity index (χ1n) is 14.7. The molecule has 0 radical (unpaired) electrons. The van der Waals surface area contributed by atoms with Crippen molar-refractivity contribution in [2.24, 2.45) is 56.7 Å². The molecule has 5 aliphatic rings. The van der Waals surface area contributed by atoms with E-state index in [1.807, 2.05) is 0 Å². The number of carbonyl (C=O) groups is 2. The van der Waals surface area contributed by atoms with Gasteiger partial charge in [0, 0.05) is 17.8 Å². The predicted molar refractivity (Wildman–Crippen MR) is 145 cm³/mol. The number of allylic oxidation sites excluding steroid dienone is 1. The summed E-state index contributed by atoms with van der Waals surface area (Å²) in [6, 6.07) is 0. The quantitative estimate of drug-likeness (QED) is 0.215.